The number of pyridine rings is 1. The number of benzene rings is 1. The highest BCUT2D eigenvalue weighted by Crippen LogP contribution is 2.16. The fourth-order valence-electron chi connectivity index (χ4n) is 1.42. The number of aromatic nitrogens is 1. The van der Waals surface area contributed by atoms with Crippen LogP contribution in [0.1, 0.15) is 0 Å². The minimum Gasteiger partial charge on any atom is -0.340 e. The molecular weight excluding hydrogens is 250 g/mol. The zero-order chi connectivity index (χ0) is 13.0. The Balaban J connectivity index is 2.19. The van der Waals surface area contributed by atoms with E-state index < -0.39 is 10.0 Å². The molecule has 1 aromatic heterocycles. The van der Waals surface area contributed by atoms with E-state index in [-0.39, 0.29) is 4.90 Å². The Hall–Kier alpha value is -1.92. The molecule has 1 aromatic carbocycles. The van der Waals surface area contributed by atoms with Gasteiger partial charge in [-0.05, 0) is 43.4 Å². The van der Waals surface area contributed by atoms with Gasteiger partial charge in [-0.3, -0.25) is 0 Å². The molecule has 5 nitrogen and oxygen atoms in total. The maximum Gasteiger partial charge on any atom is 0.240 e. The van der Waals surface area contributed by atoms with Crippen LogP contribution in [0.3, 0.4) is 0 Å². The van der Waals surface area contributed by atoms with Gasteiger partial charge in [0, 0.05) is 11.9 Å². The third-order valence-corrected chi connectivity index (χ3v) is 3.80. The number of hydrogen-bond acceptors (Lipinski definition) is 4. The first kappa shape index (κ1) is 12.5. The van der Waals surface area contributed by atoms with Crippen LogP contribution in [0.5, 0.6) is 0 Å². The van der Waals surface area contributed by atoms with Crippen molar-refractivity contribution in [3.8, 4) is 0 Å². The third-order valence-electron chi connectivity index (χ3n) is 2.37. The molecule has 0 amide bonds. The summed E-state index contributed by atoms with van der Waals surface area (Å²) in [6, 6.07) is 12.0. The monoisotopic (exact) mass is 263 g/mol. The van der Waals surface area contributed by atoms with Crippen LogP contribution in [0.2, 0.25) is 0 Å². The summed E-state index contributed by atoms with van der Waals surface area (Å²) in [5, 5.41) is 3.07. The van der Waals surface area contributed by atoms with E-state index in [1.807, 2.05) is 18.2 Å². The van der Waals surface area contributed by atoms with Gasteiger partial charge in [0.1, 0.15) is 5.82 Å². The molecule has 0 bridgehead atoms. The molecule has 94 valence electrons. The summed E-state index contributed by atoms with van der Waals surface area (Å²) < 4.78 is 25.3. The van der Waals surface area contributed by atoms with E-state index in [1.165, 1.54) is 19.2 Å². The van der Waals surface area contributed by atoms with Gasteiger partial charge in [-0.25, -0.2) is 18.1 Å². The zero-order valence-corrected chi connectivity index (χ0v) is 10.6. The van der Waals surface area contributed by atoms with E-state index >= 15 is 0 Å². The van der Waals surface area contributed by atoms with E-state index in [0.29, 0.717) is 5.82 Å². The molecule has 0 spiro atoms. The molecule has 18 heavy (non-hydrogen) atoms. The Morgan fingerprint density at radius 2 is 1.78 bits per heavy atom. The normalized spacial score (nSPS) is 11.2. The molecule has 0 saturated carbocycles. The summed E-state index contributed by atoms with van der Waals surface area (Å²) in [4.78, 5) is 4.35. The molecule has 2 rings (SSSR count). The summed E-state index contributed by atoms with van der Waals surface area (Å²) in [6.45, 7) is 0. The second-order valence-electron chi connectivity index (χ2n) is 3.57. The number of nitrogens with zero attached hydrogens (tertiary/aromatic N) is 1. The van der Waals surface area contributed by atoms with Gasteiger partial charge in [0.15, 0.2) is 0 Å². The van der Waals surface area contributed by atoms with Gasteiger partial charge in [0.2, 0.25) is 10.0 Å². The quantitative estimate of drug-likeness (QED) is 0.881. The Morgan fingerprint density at radius 3 is 2.33 bits per heavy atom. The van der Waals surface area contributed by atoms with E-state index in [4.69, 9.17) is 0 Å². The van der Waals surface area contributed by atoms with Crippen molar-refractivity contribution in [1.82, 2.24) is 9.71 Å². The fourth-order valence-corrected chi connectivity index (χ4v) is 2.15. The molecule has 1 heterocycles. The summed E-state index contributed by atoms with van der Waals surface area (Å²) in [7, 11) is -2.00. The number of anilines is 2. The van der Waals surface area contributed by atoms with Crippen LogP contribution >= 0.6 is 0 Å². The molecule has 0 aliphatic carbocycles. The number of sulfonamides is 1. The van der Waals surface area contributed by atoms with Gasteiger partial charge in [0.05, 0.1) is 4.90 Å². The summed E-state index contributed by atoms with van der Waals surface area (Å²) >= 11 is 0. The maximum atomic E-state index is 11.5. The SMILES string of the molecule is CNS(=O)(=O)c1ccc(Nc2ccccn2)cc1. The predicted molar refractivity (Wildman–Crippen MR) is 70.2 cm³/mol. The van der Waals surface area contributed by atoms with Crippen molar-refractivity contribution in [2.24, 2.45) is 0 Å². The molecule has 0 fully saturated rings. The van der Waals surface area contributed by atoms with Gasteiger partial charge >= 0.3 is 0 Å². The van der Waals surface area contributed by atoms with Gasteiger partial charge in [-0.1, -0.05) is 6.07 Å². The smallest absolute Gasteiger partial charge is 0.240 e. The molecule has 2 N–H and O–H groups in total. The van der Waals surface area contributed by atoms with Crippen molar-refractivity contribution < 1.29 is 8.42 Å². The van der Waals surface area contributed by atoms with Gasteiger partial charge in [0.25, 0.3) is 0 Å². The average Bonchev–Trinajstić information content (AvgIpc) is 2.40. The van der Waals surface area contributed by atoms with Crippen molar-refractivity contribution >= 4 is 21.5 Å². The summed E-state index contributed by atoms with van der Waals surface area (Å²) in [5.41, 5.74) is 0.781. The number of rotatable bonds is 4. The number of hydrogen-bond donors (Lipinski definition) is 2. The first-order valence-electron chi connectivity index (χ1n) is 5.33. The van der Waals surface area contributed by atoms with Crippen LogP contribution in [0.25, 0.3) is 0 Å². The second-order valence-corrected chi connectivity index (χ2v) is 5.46. The first-order chi connectivity index (χ1) is 8.62. The minimum absolute atomic E-state index is 0.233. The van der Waals surface area contributed by atoms with Crippen molar-refractivity contribution in [3.63, 3.8) is 0 Å². The molecule has 2 aromatic rings. The molecule has 0 atom stereocenters. The van der Waals surface area contributed by atoms with E-state index in [1.54, 1.807) is 18.3 Å². The lowest BCUT2D eigenvalue weighted by molar-refractivity contribution is 0.588. The van der Waals surface area contributed by atoms with Crippen LogP contribution < -0.4 is 10.0 Å². The lowest BCUT2D eigenvalue weighted by Crippen LogP contribution is -2.18. The van der Waals surface area contributed by atoms with Crippen molar-refractivity contribution in [1.29, 1.82) is 0 Å². The lowest BCUT2D eigenvalue weighted by Gasteiger charge is -2.06. The Bertz CT molecular complexity index is 610. The topological polar surface area (TPSA) is 71.1 Å². The van der Waals surface area contributed by atoms with Crippen molar-refractivity contribution in [3.05, 3.63) is 48.7 Å². The molecule has 0 unspecified atom stereocenters. The third kappa shape index (κ3) is 2.85. The Morgan fingerprint density at radius 1 is 1.06 bits per heavy atom. The Kier molecular flexibility index (Phi) is 3.59. The first-order valence-corrected chi connectivity index (χ1v) is 6.82. The molecule has 0 saturated heterocycles. The highest BCUT2D eigenvalue weighted by molar-refractivity contribution is 7.89. The average molecular weight is 263 g/mol. The highest BCUT2D eigenvalue weighted by atomic mass is 32.2. The Labute approximate surface area is 106 Å². The van der Waals surface area contributed by atoms with Crippen LogP contribution in [0.4, 0.5) is 11.5 Å². The second kappa shape index (κ2) is 5.16. The standard InChI is InChI=1S/C12H13N3O2S/c1-13-18(16,17)11-7-5-10(6-8-11)15-12-4-2-3-9-14-12/h2-9,13H,1H3,(H,14,15). The highest BCUT2D eigenvalue weighted by Gasteiger charge is 2.10. The molecule has 6 heteroatoms. The van der Waals surface area contributed by atoms with Crippen LogP contribution in [-0.2, 0) is 10.0 Å². The van der Waals surface area contributed by atoms with Gasteiger partial charge < -0.3 is 5.32 Å². The number of nitrogens with one attached hydrogen (secondary N) is 2. The molecule has 0 aliphatic rings. The van der Waals surface area contributed by atoms with Gasteiger partial charge in [-0.15, -0.1) is 0 Å². The molecule has 0 radical (unpaired) electrons. The summed E-state index contributed by atoms with van der Waals surface area (Å²) in [5.74, 6) is 0.710. The summed E-state index contributed by atoms with van der Waals surface area (Å²) in [6.07, 6.45) is 1.68. The van der Waals surface area contributed by atoms with Gasteiger partial charge in [-0.2, -0.15) is 0 Å². The molecular formula is C12H13N3O2S. The molecule has 0 aliphatic heterocycles. The van der Waals surface area contributed by atoms with Crippen LogP contribution in [0, 0.1) is 0 Å². The fraction of sp³-hybridized carbons (Fsp3) is 0.0833. The predicted octanol–water partition coefficient (Wildman–Crippen LogP) is 1.73. The van der Waals surface area contributed by atoms with E-state index in [2.05, 4.69) is 15.0 Å². The lowest BCUT2D eigenvalue weighted by atomic mass is 10.3. The zero-order valence-electron chi connectivity index (χ0n) is 9.79. The van der Waals surface area contributed by atoms with Crippen LogP contribution in [0.15, 0.2) is 53.6 Å². The van der Waals surface area contributed by atoms with Crippen molar-refractivity contribution in [2.75, 3.05) is 12.4 Å². The van der Waals surface area contributed by atoms with Crippen molar-refractivity contribution in [2.45, 2.75) is 4.90 Å². The minimum atomic E-state index is -3.38. The van der Waals surface area contributed by atoms with E-state index in [0.717, 1.165) is 5.69 Å². The maximum absolute atomic E-state index is 11.5. The largest absolute Gasteiger partial charge is 0.340 e. The van der Waals surface area contributed by atoms with E-state index in [9.17, 15) is 8.42 Å². The van der Waals surface area contributed by atoms with Crippen LogP contribution in [-0.4, -0.2) is 20.4 Å².